The molecule has 7 heteroatoms. The first-order valence-corrected chi connectivity index (χ1v) is 7.02. The summed E-state index contributed by atoms with van der Waals surface area (Å²) >= 11 is 3.15. The highest BCUT2D eigenvalue weighted by Gasteiger charge is 2.34. The second-order valence-electron chi connectivity index (χ2n) is 4.68. The lowest BCUT2D eigenvalue weighted by molar-refractivity contribution is -0.142. The third-order valence-corrected chi connectivity index (χ3v) is 4.01. The summed E-state index contributed by atoms with van der Waals surface area (Å²) in [5, 5.41) is 14.0. The number of para-hydroxylation sites is 1. The number of rotatable bonds is 3. The molecule has 1 fully saturated rings. The summed E-state index contributed by atoms with van der Waals surface area (Å²) in [4.78, 5) is 22.9. The van der Waals surface area contributed by atoms with Gasteiger partial charge in [-0.2, -0.15) is 0 Å². The Morgan fingerprint density at radius 1 is 1.35 bits per heavy atom. The predicted octanol–water partition coefficient (Wildman–Crippen LogP) is 2.96. The highest BCUT2D eigenvalue weighted by molar-refractivity contribution is 9.10. The molecule has 0 heterocycles. The second-order valence-corrected chi connectivity index (χ2v) is 5.53. The number of amides is 2. The Bertz CT molecular complexity index is 518. The fraction of sp³-hybridized carbons (Fsp3) is 0.385. The number of carbonyl (C=O) groups excluding carboxylic acids is 1. The average Bonchev–Trinajstić information content (AvgIpc) is 2.82. The maximum atomic E-state index is 13.6. The maximum Gasteiger partial charge on any atom is 0.319 e. The SMILES string of the molecule is O=C(Nc1c(F)cccc1Br)NC1CCCC1C(=O)O. The van der Waals surface area contributed by atoms with Crippen molar-refractivity contribution >= 4 is 33.6 Å². The summed E-state index contributed by atoms with van der Waals surface area (Å²) in [5.41, 5.74) is 0.0369. The Balaban J connectivity index is 2.01. The summed E-state index contributed by atoms with van der Waals surface area (Å²) in [7, 11) is 0. The van der Waals surface area contributed by atoms with Crippen LogP contribution in [-0.4, -0.2) is 23.1 Å². The van der Waals surface area contributed by atoms with Crippen molar-refractivity contribution in [1.82, 2.24) is 5.32 Å². The molecule has 0 bridgehead atoms. The molecule has 2 amide bonds. The monoisotopic (exact) mass is 344 g/mol. The van der Waals surface area contributed by atoms with Crippen molar-refractivity contribution in [1.29, 1.82) is 0 Å². The van der Waals surface area contributed by atoms with E-state index in [-0.39, 0.29) is 5.69 Å². The van der Waals surface area contributed by atoms with Crippen molar-refractivity contribution in [3.8, 4) is 0 Å². The zero-order valence-corrected chi connectivity index (χ0v) is 12.1. The predicted molar refractivity (Wildman–Crippen MR) is 75.0 cm³/mol. The van der Waals surface area contributed by atoms with Gasteiger partial charge in [-0.05, 0) is 40.9 Å². The van der Waals surface area contributed by atoms with Gasteiger partial charge in [0.25, 0.3) is 0 Å². The van der Waals surface area contributed by atoms with Crippen LogP contribution in [0, 0.1) is 11.7 Å². The Morgan fingerprint density at radius 3 is 2.75 bits per heavy atom. The summed E-state index contributed by atoms with van der Waals surface area (Å²) in [6.45, 7) is 0. The lowest BCUT2D eigenvalue weighted by atomic mass is 10.0. The number of hydrogen-bond acceptors (Lipinski definition) is 2. The van der Waals surface area contributed by atoms with Gasteiger partial charge in [-0.3, -0.25) is 4.79 Å². The van der Waals surface area contributed by atoms with Gasteiger partial charge >= 0.3 is 12.0 Å². The van der Waals surface area contributed by atoms with Gasteiger partial charge in [0, 0.05) is 10.5 Å². The van der Waals surface area contributed by atoms with Gasteiger partial charge in [0.05, 0.1) is 11.6 Å². The van der Waals surface area contributed by atoms with Crippen LogP contribution in [0.15, 0.2) is 22.7 Å². The van der Waals surface area contributed by atoms with Gasteiger partial charge < -0.3 is 15.7 Å². The van der Waals surface area contributed by atoms with Crippen LogP contribution >= 0.6 is 15.9 Å². The van der Waals surface area contributed by atoms with Crippen LogP contribution in [0.3, 0.4) is 0 Å². The van der Waals surface area contributed by atoms with Crippen molar-refractivity contribution in [2.24, 2.45) is 5.92 Å². The van der Waals surface area contributed by atoms with E-state index in [1.807, 2.05) is 0 Å². The molecule has 20 heavy (non-hydrogen) atoms. The van der Waals surface area contributed by atoms with Crippen LogP contribution < -0.4 is 10.6 Å². The number of carboxylic acid groups (broad SMARTS) is 1. The van der Waals surface area contributed by atoms with E-state index in [4.69, 9.17) is 5.11 Å². The van der Waals surface area contributed by atoms with E-state index in [1.165, 1.54) is 12.1 Å². The van der Waals surface area contributed by atoms with Gasteiger partial charge in [0.2, 0.25) is 0 Å². The molecular formula is C13H14BrFN2O3. The van der Waals surface area contributed by atoms with Crippen molar-refractivity contribution in [3.05, 3.63) is 28.5 Å². The van der Waals surface area contributed by atoms with E-state index >= 15 is 0 Å². The number of carboxylic acids is 1. The van der Waals surface area contributed by atoms with Crippen LogP contribution in [0.25, 0.3) is 0 Å². The van der Waals surface area contributed by atoms with Crippen molar-refractivity contribution in [3.63, 3.8) is 0 Å². The fourth-order valence-corrected chi connectivity index (χ4v) is 2.80. The average molecular weight is 345 g/mol. The van der Waals surface area contributed by atoms with E-state index in [0.717, 1.165) is 6.42 Å². The molecule has 0 spiro atoms. The molecule has 0 aliphatic heterocycles. The molecule has 1 aliphatic rings. The first kappa shape index (κ1) is 14.8. The number of carbonyl (C=O) groups is 2. The van der Waals surface area contributed by atoms with Crippen molar-refractivity contribution < 1.29 is 19.1 Å². The molecule has 1 aromatic carbocycles. The Hall–Kier alpha value is -1.63. The zero-order valence-electron chi connectivity index (χ0n) is 10.5. The number of nitrogens with one attached hydrogen (secondary N) is 2. The minimum atomic E-state index is -0.917. The lowest BCUT2D eigenvalue weighted by Gasteiger charge is -2.18. The molecule has 2 unspecified atom stereocenters. The van der Waals surface area contributed by atoms with Crippen molar-refractivity contribution in [2.75, 3.05) is 5.32 Å². The highest BCUT2D eigenvalue weighted by atomic mass is 79.9. The van der Waals surface area contributed by atoms with Crippen LogP contribution in [-0.2, 0) is 4.79 Å². The molecule has 2 rings (SSSR count). The summed E-state index contributed by atoms with van der Waals surface area (Å²) in [5.74, 6) is -2.06. The third-order valence-electron chi connectivity index (χ3n) is 3.35. The Labute approximate surface area is 123 Å². The van der Waals surface area contributed by atoms with Crippen LogP contribution in [0.4, 0.5) is 14.9 Å². The molecule has 1 saturated carbocycles. The molecule has 1 aromatic rings. The van der Waals surface area contributed by atoms with E-state index in [2.05, 4.69) is 26.6 Å². The van der Waals surface area contributed by atoms with Crippen LogP contribution in [0.1, 0.15) is 19.3 Å². The molecule has 0 aromatic heterocycles. The van der Waals surface area contributed by atoms with Gasteiger partial charge in [-0.15, -0.1) is 0 Å². The van der Waals surface area contributed by atoms with Crippen LogP contribution in [0.5, 0.6) is 0 Å². The van der Waals surface area contributed by atoms with Gasteiger partial charge in [0.15, 0.2) is 0 Å². The number of halogens is 2. The molecule has 5 nitrogen and oxygen atoms in total. The molecule has 2 atom stereocenters. The van der Waals surface area contributed by atoms with Gasteiger partial charge in [-0.25, -0.2) is 9.18 Å². The third kappa shape index (κ3) is 3.27. The quantitative estimate of drug-likeness (QED) is 0.788. The first-order chi connectivity index (χ1) is 9.49. The van der Waals surface area contributed by atoms with E-state index < -0.39 is 29.8 Å². The molecule has 0 radical (unpaired) electrons. The number of hydrogen-bond donors (Lipinski definition) is 3. The van der Waals surface area contributed by atoms with Crippen LogP contribution in [0.2, 0.25) is 0 Å². The Kier molecular flexibility index (Phi) is 4.59. The van der Waals surface area contributed by atoms with E-state index in [1.54, 1.807) is 6.07 Å². The summed E-state index contributed by atoms with van der Waals surface area (Å²) < 4.78 is 14.0. The largest absolute Gasteiger partial charge is 0.481 e. The van der Waals surface area contributed by atoms with Crippen molar-refractivity contribution in [2.45, 2.75) is 25.3 Å². The Morgan fingerprint density at radius 2 is 2.10 bits per heavy atom. The number of anilines is 1. The molecule has 0 saturated heterocycles. The molecule has 108 valence electrons. The molecular weight excluding hydrogens is 331 g/mol. The minimum Gasteiger partial charge on any atom is -0.481 e. The second kappa shape index (κ2) is 6.21. The zero-order chi connectivity index (χ0) is 14.7. The summed E-state index contributed by atoms with van der Waals surface area (Å²) in [6.07, 6.45) is 1.91. The number of aliphatic carboxylic acids is 1. The number of urea groups is 1. The minimum absolute atomic E-state index is 0.0369. The summed E-state index contributed by atoms with van der Waals surface area (Å²) in [6, 6.07) is 3.33. The first-order valence-electron chi connectivity index (χ1n) is 6.23. The van der Waals surface area contributed by atoms with Gasteiger partial charge in [0.1, 0.15) is 5.82 Å². The normalized spacial score (nSPS) is 21.5. The fourth-order valence-electron chi connectivity index (χ4n) is 2.36. The van der Waals surface area contributed by atoms with Gasteiger partial charge in [-0.1, -0.05) is 12.5 Å². The topological polar surface area (TPSA) is 78.4 Å². The highest BCUT2D eigenvalue weighted by Crippen LogP contribution is 2.27. The number of benzene rings is 1. The smallest absolute Gasteiger partial charge is 0.319 e. The van der Waals surface area contributed by atoms with E-state index in [0.29, 0.717) is 17.3 Å². The molecule has 1 aliphatic carbocycles. The lowest BCUT2D eigenvalue weighted by Crippen LogP contribution is -2.42. The van der Waals surface area contributed by atoms with E-state index in [9.17, 15) is 14.0 Å². The molecule has 3 N–H and O–H groups in total. The standard InChI is InChI=1S/C13H14BrFN2O3/c14-8-4-2-5-9(15)11(8)17-13(20)16-10-6-1-3-7(10)12(18)19/h2,4-5,7,10H,1,3,6H2,(H,18,19)(H2,16,17,20). The maximum absolute atomic E-state index is 13.6.